The lowest BCUT2D eigenvalue weighted by molar-refractivity contribution is -0.156. The summed E-state index contributed by atoms with van der Waals surface area (Å²) in [5.74, 6) is -3.71. The van der Waals surface area contributed by atoms with Gasteiger partial charge in [-0.1, -0.05) is 39.8 Å². The van der Waals surface area contributed by atoms with Crippen LogP contribution in [-0.2, 0) is 59.4 Å². The lowest BCUT2D eigenvalue weighted by atomic mass is 9.84. The van der Waals surface area contributed by atoms with E-state index in [1.54, 1.807) is 44.2 Å². The van der Waals surface area contributed by atoms with Crippen molar-refractivity contribution in [1.29, 1.82) is 0 Å². The number of nitrogens with one attached hydrogen (secondary N) is 3. The number of benzene rings is 2. The fourth-order valence-corrected chi connectivity index (χ4v) is 10.7. The van der Waals surface area contributed by atoms with E-state index in [1.807, 2.05) is 29.3 Å². The molecule has 0 radical (unpaired) electrons. The van der Waals surface area contributed by atoms with Gasteiger partial charge in [-0.05, 0) is 109 Å². The number of pyridine rings is 1. The first-order chi connectivity index (χ1) is 33.5. The molecule has 4 amide bonds. The van der Waals surface area contributed by atoms with E-state index in [1.165, 1.54) is 5.01 Å². The van der Waals surface area contributed by atoms with Crippen molar-refractivity contribution < 1.29 is 43.7 Å². The van der Waals surface area contributed by atoms with Crippen LogP contribution in [-0.4, -0.2) is 142 Å². The molecule has 4 aliphatic rings. The van der Waals surface area contributed by atoms with E-state index in [0.29, 0.717) is 82.6 Å². The van der Waals surface area contributed by atoms with Crippen molar-refractivity contribution in [2.45, 2.75) is 104 Å². The second kappa shape index (κ2) is 21.6. The molecule has 376 valence electrons. The van der Waals surface area contributed by atoms with Gasteiger partial charge in [0.05, 0.1) is 31.6 Å². The van der Waals surface area contributed by atoms with Crippen LogP contribution < -0.4 is 16.1 Å². The van der Waals surface area contributed by atoms with Gasteiger partial charge in [-0.3, -0.25) is 38.9 Å². The van der Waals surface area contributed by atoms with Crippen LogP contribution in [0.1, 0.15) is 77.0 Å². The van der Waals surface area contributed by atoms with Crippen molar-refractivity contribution >= 4 is 40.5 Å². The van der Waals surface area contributed by atoms with Crippen molar-refractivity contribution in [3.05, 3.63) is 71.5 Å². The molecule has 8 rings (SSSR count). The topological polar surface area (TPSA) is 208 Å². The number of hydrogen-bond acceptors (Lipinski definition) is 12. The Morgan fingerprint density at radius 1 is 1.00 bits per heavy atom. The average Bonchev–Trinajstić information content (AvgIpc) is 4.06. The molecule has 3 saturated heterocycles. The minimum absolute atomic E-state index is 0.00273. The van der Waals surface area contributed by atoms with E-state index in [2.05, 4.69) is 58.5 Å². The van der Waals surface area contributed by atoms with Crippen molar-refractivity contribution in [1.82, 2.24) is 40.4 Å². The number of amides is 4. The van der Waals surface area contributed by atoms with Crippen LogP contribution in [0.2, 0.25) is 0 Å². The number of aromatic nitrogens is 2. The maximum atomic E-state index is 14.7. The number of fused-ring (bicyclic) bond motifs is 6. The van der Waals surface area contributed by atoms with Crippen LogP contribution in [0.3, 0.4) is 0 Å². The molecule has 3 fully saturated rings. The number of aliphatic hydroxyl groups excluding tert-OH is 1. The summed E-state index contributed by atoms with van der Waals surface area (Å²) in [4.78, 5) is 78.3. The van der Waals surface area contributed by atoms with E-state index < -0.39 is 59.1 Å². The number of β-amino-alcohol motifs (C(OH)–C–C–N with tert-alkyl or cyclic N) is 1. The highest BCUT2D eigenvalue weighted by atomic mass is 16.5. The van der Waals surface area contributed by atoms with E-state index in [0.717, 1.165) is 38.9 Å². The Hall–Kier alpha value is -5.88. The highest BCUT2D eigenvalue weighted by molar-refractivity contribution is 6.02. The Balaban J connectivity index is 1.09. The molecule has 5 atom stereocenters. The number of esters is 1. The normalized spacial score (nSPS) is 22.5. The van der Waals surface area contributed by atoms with Crippen molar-refractivity contribution in [3.8, 4) is 28.1 Å². The van der Waals surface area contributed by atoms with Gasteiger partial charge >= 0.3 is 5.97 Å². The van der Waals surface area contributed by atoms with Crippen LogP contribution in [0.25, 0.3) is 33.3 Å². The number of hydrogen-bond donors (Lipinski definition) is 5. The summed E-state index contributed by atoms with van der Waals surface area (Å²) in [5, 5.41) is 29.5. The van der Waals surface area contributed by atoms with Crippen molar-refractivity contribution in [2.75, 3.05) is 59.5 Å². The third-order valence-corrected chi connectivity index (χ3v) is 14.4. The fourth-order valence-electron chi connectivity index (χ4n) is 10.7. The molecule has 4 aromatic rings. The number of phenolic OH excluding ortho intramolecular Hbond substituents is 1. The Morgan fingerprint density at radius 3 is 2.56 bits per heavy atom. The van der Waals surface area contributed by atoms with Crippen LogP contribution >= 0.6 is 0 Å². The van der Waals surface area contributed by atoms with Crippen molar-refractivity contribution in [2.24, 2.45) is 23.2 Å². The zero-order chi connectivity index (χ0) is 49.9. The SMILES string of the molecule is CCn1c(-c2cnccc2COC)c2c3cc(ccc31)-c1cc(O)cc(c1)C[C@H](NC(=O)[C@H](C(=O)NC[C@@H]1CCN(C(=O)CN3CC[C@@H](O)C3)C1)C(C)C)C(=O)N1CCC[C@H](N1)C(=O)OCC(C)(C)C2. The number of aryl methyl sites for hydroxylation is 1. The number of methoxy groups -OCH3 is 1. The highest BCUT2D eigenvalue weighted by Crippen LogP contribution is 2.41. The van der Waals surface area contributed by atoms with E-state index in [9.17, 15) is 34.2 Å². The third kappa shape index (κ3) is 11.3. The van der Waals surface area contributed by atoms with Crippen LogP contribution in [0.5, 0.6) is 5.75 Å². The first-order valence-corrected chi connectivity index (χ1v) is 24.9. The number of rotatable bonds is 12. The van der Waals surface area contributed by atoms with Gasteiger partial charge in [0.2, 0.25) is 17.7 Å². The number of nitrogens with zero attached hydrogens (tertiary/aromatic N) is 5. The molecule has 0 unspecified atom stereocenters. The lowest BCUT2D eigenvalue weighted by Gasteiger charge is -2.36. The molecule has 2 aromatic heterocycles. The maximum Gasteiger partial charge on any atom is 0.324 e. The molecular weight excluding hydrogens is 893 g/mol. The molecule has 6 bridgehead atoms. The number of phenols is 1. The number of carbonyl (C=O) groups is 5. The molecule has 17 heteroatoms. The summed E-state index contributed by atoms with van der Waals surface area (Å²) in [6, 6.07) is 11.3. The number of cyclic esters (lactones) is 1. The molecule has 6 heterocycles. The van der Waals surface area contributed by atoms with Gasteiger partial charge in [0.1, 0.15) is 23.8 Å². The molecule has 5 N–H and O–H groups in total. The molecule has 0 aliphatic carbocycles. The van der Waals surface area contributed by atoms with Crippen LogP contribution in [0.15, 0.2) is 54.9 Å². The van der Waals surface area contributed by atoms with Gasteiger partial charge in [-0.2, -0.15) is 0 Å². The van der Waals surface area contributed by atoms with Gasteiger partial charge < -0.3 is 39.8 Å². The monoisotopic (exact) mass is 963 g/mol. The number of aromatic hydroxyl groups is 1. The second-order valence-electron chi connectivity index (χ2n) is 20.8. The maximum absolute atomic E-state index is 14.7. The van der Waals surface area contributed by atoms with E-state index in [-0.39, 0.29) is 50.2 Å². The van der Waals surface area contributed by atoms with Gasteiger partial charge in [-0.15, -0.1) is 0 Å². The number of likely N-dealkylation sites (tertiary alicyclic amines) is 2. The first-order valence-electron chi connectivity index (χ1n) is 24.9. The van der Waals surface area contributed by atoms with E-state index in [4.69, 9.17) is 9.47 Å². The second-order valence-corrected chi connectivity index (χ2v) is 20.8. The van der Waals surface area contributed by atoms with Crippen LogP contribution in [0.4, 0.5) is 0 Å². The Bertz CT molecular complexity index is 2590. The number of hydrazine groups is 1. The number of ether oxygens (including phenoxy) is 2. The quantitative estimate of drug-likeness (QED) is 0.100. The average molecular weight is 963 g/mol. The minimum Gasteiger partial charge on any atom is -0.508 e. The standard InChI is InChI=1S/C53H70N8O9/c1-7-60-45-11-10-35-23-40(45)41(48(60)42-26-54-15-12-36(42)30-69-6)24-53(4,5)31-70-52(68)43-9-8-16-61(57-43)51(67)44(21-34-19-37(35)22-39(63)20-34)56-50(66)47(32(2)3)49(65)55-25-33-13-18-59(27-33)46(64)29-58-17-14-38(62)28-58/h10-12,15,19-20,22-23,26,32-33,38,43-44,47,57,62-63H,7-9,13-14,16-18,21,24-25,27-31H2,1-6H3,(H,55,65)(H,56,66)/t33-,38+,43-,44-,47-/m0/s1. The molecular formula is C53H70N8O9. The first kappa shape index (κ1) is 50.5. The summed E-state index contributed by atoms with van der Waals surface area (Å²) in [6.07, 6.45) is 6.02. The number of aliphatic hydroxyl groups is 1. The molecule has 2 aromatic carbocycles. The largest absolute Gasteiger partial charge is 0.508 e. The Morgan fingerprint density at radius 2 is 1.81 bits per heavy atom. The Kier molecular flexibility index (Phi) is 15.6. The van der Waals surface area contributed by atoms with Crippen LogP contribution in [0, 0.1) is 23.2 Å². The fraction of sp³-hybridized carbons (Fsp3) is 0.547. The summed E-state index contributed by atoms with van der Waals surface area (Å²) in [6.45, 7) is 14.0. The predicted octanol–water partition coefficient (Wildman–Crippen LogP) is 4.19. The number of carbonyl (C=O) groups excluding carboxylic acids is 5. The van der Waals surface area contributed by atoms with Gasteiger partial charge in [0, 0.05) is 93.6 Å². The molecule has 0 saturated carbocycles. The van der Waals surface area contributed by atoms with Gasteiger partial charge in [-0.25, -0.2) is 5.43 Å². The Labute approximate surface area is 410 Å². The zero-order valence-corrected chi connectivity index (χ0v) is 41.5. The lowest BCUT2D eigenvalue weighted by Crippen LogP contribution is -2.61. The zero-order valence-electron chi connectivity index (χ0n) is 41.5. The van der Waals surface area contributed by atoms with Gasteiger partial charge in [0.15, 0.2) is 0 Å². The third-order valence-electron chi connectivity index (χ3n) is 14.4. The molecule has 17 nitrogen and oxygen atoms in total. The summed E-state index contributed by atoms with van der Waals surface area (Å²) >= 11 is 0. The van der Waals surface area contributed by atoms with Crippen molar-refractivity contribution in [3.63, 3.8) is 0 Å². The van der Waals surface area contributed by atoms with E-state index >= 15 is 0 Å². The predicted molar refractivity (Wildman–Crippen MR) is 264 cm³/mol. The summed E-state index contributed by atoms with van der Waals surface area (Å²) < 4.78 is 14.0. The molecule has 0 spiro atoms. The summed E-state index contributed by atoms with van der Waals surface area (Å²) in [5.41, 5.74) is 9.66. The molecule has 70 heavy (non-hydrogen) atoms. The summed E-state index contributed by atoms with van der Waals surface area (Å²) in [7, 11) is 1.67. The smallest absolute Gasteiger partial charge is 0.324 e. The molecule has 4 aliphatic heterocycles. The minimum atomic E-state index is -1.20. The van der Waals surface area contributed by atoms with Gasteiger partial charge in [0.25, 0.3) is 5.91 Å². The highest BCUT2D eigenvalue weighted by Gasteiger charge is 2.39.